The lowest BCUT2D eigenvalue weighted by atomic mass is 9.83. The van der Waals surface area contributed by atoms with Gasteiger partial charge in [0, 0.05) is 18.9 Å². The van der Waals surface area contributed by atoms with Crippen molar-refractivity contribution >= 4 is 17.8 Å². The van der Waals surface area contributed by atoms with Crippen LogP contribution in [0.3, 0.4) is 0 Å². The van der Waals surface area contributed by atoms with Crippen molar-refractivity contribution in [3.8, 4) is 0 Å². The molecular formula is C21H26N4O4. The Labute approximate surface area is 169 Å². The molecule has 2 amide bonds. The van der Waals surface area contributed by atoms with E-state index < -0.39 is 17.9 Å². The van der Waals surface area contributed by atoms with Crippen molar-refractivity contribution in [2.75, 3.05) is 6.54 Å². The average Bonchev–Trinajstić information content (AvgIpc) is 2.71. The highest BCUT2D eigenvalue weighted by Crippen LogP contribution is 2.27. The van der Waals surface area contributed by atoms with Gasteiger partial charge in [0.05, 0.1) is 0 Å². The predicted octanol–water partition coefficient (Wildman–Crippen LogP) is 2.29. The fourth-order valence-corrected chi connectivity index (χ4v) is 2.75. The van der Waals surface area contributed by atoms with E-state index in [0.29, 0.717) is 25.1 Å². The molecule has 154 valence electrons. The van der Waals surface area contributed by atoms with Gasteiger partial charge in [0.2, 0.25) is 0 Å². The van der Waals surface area contributed by atoms with Crippen molar-refractivity contribution < 1.29 is 19.5 Å². The van der Waals surface area contributed by atoms with Gasteiger partial charge >= 0.3 is 5.97 Å². The van der Waals surface area contributed by atoms with Crippen molar-refractivity contribution in [3.63, 3.8) is 0 Å². The summed E-state index contributed by atoms with van der Waals surface area (Å²) in [6.07, 6.45) is 4.53. The van der Waals surface area contributed by atoms with Gasteiger partial charge in [-0.05, 0) is 48.9 Å². The smallest absolute Gasteiger partial charge is 0.326 e. The quantitative estimate of drug-likeness (QED) is 0.565. The molecule has 2 rings (SSSR count). The molecule has 1 atom stereocenters. The van der Waals surface area contributed by atoms with Gasteiger partial charge in [-0.2, -0.15) is 0 Å². The number of amides is 2. The normalized spacial score (nSPS) is 12.1. The Morgan fingerprint density at radius 3 is 2.07 bits per heavy atom. The van der Waals surface area contributed by atoms with Crippen molar-refractivity contribution in [2.24, 2.45) is 5.41 Å². The third-order valence-corrected chi connectivity index (χ3v) is 4.60. The van der Waals surface area contributed by atoms with Crippen LogP contribution in [-0.4, -0.2) is 45.4 Å². The Kier molecular flexibility index (Phi) is 7.82. The number of aromatic nitrogens is 2. The van der Waals surface area contributed by atoms with Crippen LogP contribution >= 0.6 is 0 Å². The highest BCUT2D eigenvalue weighted by molar-refractivity contribution is 5.94. The van der Waals surface area contributed by atoms with Crippen LogP contribution in [0, 0.1) is 5.41 Å². The fraction of sp³-hybridized carbons (Fsp3) is 0.381. The number of nitrogens with one attached hydrogen (secondary N) is 2. The van der Waals surface area contributed by atoms with Crippen LogP contribution in [0.4, 0.5) is 0 Å². The van der Waals surface area contributed by atoms with Gasteiger partial charge in [0.1, 0.15) is 17.4 Å². The average molecular weight is 398 g/mol. The van der Waals surface area contributed by atoms with Gasteiger partial charge in [0.15, 0.2) is 0 Å². The second-order valence-corrected chi connectivity index (χ2v) is 7.50. The van der Waals surface area contributed by atoms with E-state index in [1.165, 1.54) is 12.3 Å². The molecule has 1 unspecified atom stereocenters. The molecule has 0 spiro atoms. The molecule has 0 saturated carbocycles. The maximum atomic E-state index is 12.2. The first-order chi connectivity index (χ1) is 13.8. The molecule has 0 aliphatic carbocycles. The molecular weight excluding hydrogens is 372 g/mol. The summed E-state index contributed by atoms with van der Waals surface area (Å²) in [7, 11) is 0. The summed E-state index contributed by atoms with van der Waals surface area (Å²) in [6.45, 7) is 4.44. The first-order valence-corrected chi connectivity index (χ1v) is 9.42. The summed E-state index contributed by atoms with van der Waals surface area (Å²) < 4.78 is 0. The van der Waals surface area contributed by atoms with Crippen LogP contribution in [0.15, 0.2) is 48.8 Å². The number of carboxylic acids is 1. The SMILES string of the molecule is CC(C)(CCNC(=O)c1ccccn1)CCC(NC(=O)c1ccccn1)C(=O)O. The Hall–Kier alpha value is -3.29. The largest absolute Gasteiger partial charge is 0.480 e. The lowest BCUT2D eigenvalue weighted by Crippen LogP contribution is -2.41. The van der Waals surface area contributed by atoms with Crippen molar-refractivity contribution in [1.82, 2.24) is 20.6 Å². The van der Waals surface area contributed by atoms with E-state index in [4.69, 9.17) is 0 Å². The van der Waals surface area contributed by atoms with Crippen LogP contribution in [0.5, 0.6) is 0 Å². The lowest BCUT2D eigenvalue weighted by molar-refractivity contribution is -0.139. The van der Waals surface area contributed by atoms with Gasteiger partial charge in [-0.25, -0.2) is 4.79 Å². The van der Waals surface area contributed by atoms with E-state index in [1.54, 1.807) is 36.5 Å². The van der Waals surface area contributed by atoms with E-state index in [0.717, 1.165) is 0 Å². The van der Waals surface area contributed by atoms with Crippen LogP contribution in [0.25, 0.3) is 0 Å². The summed E-state index contributed by atoms with van der Waals surface area (Å²) in [5, 5.41) is 14.8. The number of hydrogen-bond acceptors (Lipinski definition) is 5. The van der Waals surface area contributed by atoms with Crippen LogP contribution in [0.1, 0.15) is 54.1 Å². The molecule has 0 fully saturated rings. The van der Waals surface area contributed by atoms with E-state index in [-0.39, 0.29) is 23.4 Å². The van der Waals surface area contributed by atoms with Crippen LogP contribution in [-0.2, 0) is 4.79 Å². The van der Waals surface area contributed by atoms with E-state index in [1.807, 2.05) is 13.8 Å². The Balaban J connectivity index is 1.82. The Morgan fingerprint density at radius 1 is 0.966 bits per heavy atom. The molecule has 0 bridgehead atoms. The summed E-state index contributed by atoms with van der Waals surface area (Å²) >= 11 is 0. The second-order valence-electron chi connectivity index (χ2n) is 7.50. The maximum absolute atomic E-state index is 12.2. The van der Waals surface area contributed by atoms with E-state index in [9.17, 15) is 19.5 Å². The highest BCUT2D eigenvalue weighted by atomic mass is 16.4. The lowest BCUT2D eigenvalue weighted by Gasteiger charge is -2.26. The third-order valence-electron chi connectivity index (χ3n) is 4.60. The monoisotopic (exact) mass is 398 g/mol. The number of rotatable bonds is 10. The summed E-state index contributed by atoms with van der Waals surface area (Å²) in [5.74, 6) is -1.85. The first kappa shape index (κ1) is 22.0. The third kappa shape index (κ3) is 7.33. The molecule has 2 aromatic rings. The number of carbonyl (C=O) groups is 3. The molecule has 0 radical (unpaired) electrons. The summed E-state index contributed by atoms with van der Waals surface area (Å²) in [6, 6.07) is 9.00. The zero-order chi connectivity index (χ0) is 21.3. The number of carboxylic acid groups (broad SMARTS) is 1. The molecule has 2 aromatic heterocycles. The molecule has 0 aliphatic rings. The topological polar surface area (TPSA) is 121 Å². The van der Waals surface area contributed by atoms with Gasteiger partial charge in [-0.15, -0.1) is 0 Å². The molecule has 8 heteroatoms. The van der Waals surface area contributed by atoms with Crippen LogP contribution < -0.4 is 10.6 Å². The number of hydrogen-bond donors (Lipinski definition) is 3. The Morgan fingerprint density at radius 2 is 1.55 bits per heavy atom. The minimum atomic E-state index is -1.09. The van der Waals surface area contributed by atoms with Crippen LogP contribution in [0.2, 0.25) is 0 Å². The molecule has 0 aliphatic heterocycles. The molecule has 8 nitrogen and oxygen atoms in total. The number of aliphatic carboxylic acids is 1. The molecule has 2 heterocycles. The standard InChI is InChI=1S/C21H26N4O4/c1-21(2,11-14-24-18(26)15-7-3-5-12-22-15)10-9-17(20(28)29)25-19(27)16-8-4-6-13-23-16/h3-8,12-13,17H,9-11,14H2,1-2H3,(H,24,26)(H,25,27)(H,28,29). The molecule has 3 N–H and O–H groups in total. The van der Waals surface area contributed by atoms with Crippen molar-refractivity contribution in [3.05, 3.63) is 60.2 Å². The van der Waals surface area contributed by atoms with Gasteiger partial charge in [-0.3, -0.25) is 19.6 Å². The van der Waals surface area contributed by atoms with Gasteiger partial charge in [-0.1, -0.05) is 26.0 Å². The minimum absolute atomic E-state index is 0.176. The maximum Gasteiger partial charge on any atom is 0.326 e. The summed E-state index contributed by atoms with van der Waals surface area (Å²) in [4.78, 5) is 43.7. The highest BCUT2D eigenvalue weighted by Gasteiger charge is 2.26. The zero-order valence-electron chi connectivity index (χ0n) is 16.6. The molecule has 0 aromatic carbocycles. The number of nitrogens with zero attached hydrogens (tertiary/aromatic N) is 2. The van der Waals surface area contributed by atoms with Gasteiger partial charge < -0.3 is 15.7 Å². The summed E-state index contributed by atoms with van der Waals surface area (Å²) in [5.41, 5.74) is 0.310. The van der Waals surface area contributed by atoms with E-state index in [2.05, 4.69) is 20.6 Å². The zero-order valence-corrected chi connectivity index (χ0v) is 16.6. The fourth-order valence-electron chi connectivity index (χ4n) is 2.75. The van der Waals surface area contributed by atoms with Gasteiger partial charge in [0.25, 0.3) is 11.8 Å². The predicted molar refractivity (Wildman–Crippen MR) is 107 cm³/mol. The number of pyridine rings is 2. The first-order valence-electron chi connectivity index (χ1n) is 9.42. The second kappa shape index (κ2) is 10.3. The minimum Gasteiger partial charge on any atom is -0.480 e. The molecule has 29 heavy (non-hydrogen) atoms. The number of carbonyl (C=O) groups excluding carboxylic acids is 2. The van der Waals surface area contributed by atoms with E-state index >= 15 is 0 Å². The van der Waals surface area contributed by atoms with Crippen molar-refractivity contribution in [1.29, 1.82) is 0 Å². The van der Waals surface area contributed by atoms with Crippen molar-refractivity contribution in [2.45, 2.75) is 39.2 Å². The Bertz CT molecular complexity index is 825. The molecule has 0 saturated heterocycles.